The van der Waals surface area contributed by atoms with Gasteiger partial charge in [-0.05, 0) is 67.2 Å². The summed E-state index contributed by atoms with van der Waals surface area (Å²) in [6, 6.07) is 7.73. The molecule has 0 radical (unpaired) electrons. The topological polar surface area (TPSA) is 64.6 Å². The van der Waals surface area contributed by atoms with Crippen LogP contribution in [0.25, 0.3) is 0 Å². The highest BCUT2D eigenvalue weighted by atomic mass is 32.1. The van der Waals surface area contributed by atoms with E-state index < -0.39 is 0 Å². The van der Waals surface area contributed by atoms with E-state index in [0.29, 0.717) is 28.8 Å². The summed E-state index contributed by atoms with van der Waals surface area (Å²) in [7, 11) is 0. The number of esters is 1. The van der Waals surface area contributed by atoms with Crippen LogP contribution in [0.2, 0.25) is 0 Å². The zero-order valence-corrected chi connectivity index (χ0v) is 20.0. The van der Waals surface area contributed by atoms with E-state index in [2.05, 4.69) is 33.0 Å². The SMILES string of the molecule is CCOC(=O)c1c(NC(=O)COc2cccc(CC)c2)sc2c1CCC(C(C)(C)C)C2. The van der Waals surface area contributed by atoms with Crippen molar-refractivity contribution in [2.45, 2.75) is 60.3 Å². The smallest absolute Gasteiger partial charge is 0.341 e. The molecule has 0 saturated carbocycles. The first-order valence-electron chi connectivity index (χ1n) is 11.1. The first kappa shape index (κ1) is 23.3. The molecule has 0 spiro atoms. The molecular formula is C25H33NO4S. The summed E-state index contributed by atoms with van der Waals surface area (Å²) >= 11 is 1.50. The minimum Gasteiger partial charge on any atom is -0.484 e. The van der Waals surface area contributed by atoms with Crippen molar-refractivity contribution in [2.75, 3.05) is 18.5 Å². The number of hydrogen-bond acceptors (Lipinski definition) is 5. The third-order valence-corrected chi connectivity index (χ3v) is 7.07. The number of hydrogen-bond donors (Lipinski definition) is 1. The van der Waals surface area contributed by atoms with Gasteiger partial charge in [-0.1, -0.05) is 39.8 Å². The number of anilines is 1. The Morgan fingerprint density at radius 3 is 2.68 bits per heavy atom. The lowest BCUT2D eigenvalue weighted by Gasteiger charge is -2.33. The van der Waals surface area contributed by atoms with E-state index in [0.717, 1.165) is 36.8 Å². The van der Waals surface area contributed by atoms with Gasteiger partial charge in [0, 0.05) is 4.88 Å². The van der Waals surface area contributed by atoms with Crippen molar-refractivity contribution in [3.05, 3.63) is 45.8 Å². The van der Waals surface area contributed by atoms with Gasteiger partial charge in [0.05, 0.1) is 12.2 Å². The molecular weight excluding hydrogens is 410 g/mol. The van der Waals surface area contributed by atoms with Gasteiger partial charge in [-0.2, -0.15) is 0 Å². The second-order valence-electron chi connectivity index (χ2n) is 9.07. The predicted octanol–water partition coefficient (Wildman–Crippen LogP) is 5.66. The molecule has 31 heavy (non-hydrogen) atoms. The van der Waals surface area contributed by atoms with Crippen LogP contribution in [0.3, 0.4) is 0 Å². The molecule has 1 aromatic heterocycles. The monoisotopic (exact) mass is 443 g/mol. The zero-order chi connectivity index (χ0) is 22.6. The number of carbonyl (C=O) groups is 2. The standard InChI is InChI=1S/C25H33NO4S/c1-6-16-9-8-10-18(13-16)30-15-21(27)26-23-22(24(28)29-7-2)19-12-11-17(25(3,4)5)14-20(19)31-23/h8-10,13,17H,6-7,11-12,14-15H2,1-5H3,(H,26,27). The number of amides is 1. The van der Waals surface area contributed by atoms with Gasteiger partial charge in [0.2, 0.25) is 0 Å². The first-order valence-corrected chi connectivity index (χ1v) is 11.9. The average Bonchev–Trinajstić information content (AvgIpc) is 3.09. The maximum Gasteiger partial charge on any atom is 0.341 e. The summed E-state index contributed by atoms with van der Waals surface area (Å²) < 4.78 is 11.0. The van der Waals surface area contributed by atoms with Crippen molar-refractivity contribution in [3.63, 3.8) is 0 Å². The lowest BCUT2D eigenvalue weighted by atomic mass is 9.72. The van der Waals surface area contributed by atoms with Gasteiger partial charge in [0.25, 0.3) is 5.91 Å². The second-order valence-corrected chi connectivity index (χ2v) is 10.2. The molecule has 2 aromatic rings. The molecule has 6 heteroatoms. The maximum absolute atomic E-state index is 12.7. The lowest BCUT2D eigenvalue weighted by Crippen LogP contribution is -2.26. The van der Waals surface area contributed by atoms with Crippen LogP contribution in [-0.2, 0) is 28.8 Å². The summed E-state index contributed by atoms with van der Waals surface area (Å²) in [4.78, 5) is 26.5. The fourth-order valence-electron chi connectivity index (χ4n) is 4.00. The minimum absolute atomic E-state index is 0.109. The second kappa shape index (κ2) is 9.86. The molecule has 1 aliphatic carbocycles. The normalized spacial score (nSPS) is 15.8. The van der Waals surface area contributed by atoms with E-state index in [1.807, 2.05) is 24.3 Å². The Hall–Kier alpha value is -2.34. The predicted molar refractivity (Wildman–Crippen MR) is 125 cm³/mol. The number of thiophene rings is 1. The average molecular weight is 444 g/mol. The number of aryl methyl sites for hydroxylation is 1. The number of ether oxygens (including phenoxy) is 2. The molecule has 0 bridgehead atoms. The van der Waals surface area contributed by atoms with Crippen molar-refractivity contribution in [3.8, 4) is 5.75 Å². The number of nitrogens with one attached hydrogen (secondary N) is 1. The molecule has 0 aliphatic heterocycles. The molecule has 1 aliphatic rings. The number of rotatable bonds is 7. The largest absolute Gasteiger partial charge is 0.484 e. The highest BCUT2D eigenvalue weighted by molar-refractivity contribution is 7.17. The molecule has 168 valence electrons. The summed E-state index contributed by atoms with van der Waals surface area (Å²) in [5.41, 5.74) is 2.92. The van der Waals surface area contributed by atoms with Gasteiger partial charge in [0.1, 0.15) is 10.8 Å². The van der Waals surface area contributed by atoms with Crippen LogP contribution in [0, 0.1) is 11.3 Å². The quantitative estimate of drug-likeness (QED) is 0.561. The van der Waals surface area contributed by atoms with Crippen molar-refractivity contribution in [1.29, 1.82) is 0 Å². The van der Waals surface area contributed by atoms with Gasteiger partial charge in [-0.3, -0.25) is 4.79 Å². The molecule has 1 amide bonds. The van der Waals surface area contributed by atoms with E-state index in [-0.39, 0.29) is 23.9 Å². The Balaban J connectivity index is 1.77. The van der Waals surface area contributed by atoms with Crippen LogP contribution < -0.4 is 10.1 Å². The van der Waals surface area contributed by atoms with Gasteiger partial charge in [0.15, 0.2) is 6.61 Å². The Kier molecular flexibility index (Phi) is 7.42. The zero-order valence-electron chi connectivity index (χ0n) is 19.2. The third kappa shape index (κ3) is 5.67. The number of carbonyl (C=O) groups excluding carboxylic acids is 2. The number of fused-ring (bicyclic) bond motifs is 1. The Bertz CT molecular complexity index is 941. The van der Waals surface area contributed by atoms with Crippen LogP contribution in [-0.4, -0.2) is 25.1 Å². The molecule has 5 nitrogen and oxygen atoms in total. The molecule has 1 unspecified atom stereocenters. The highest BCUT2D eigenvalue weighted by Crippen LogP contribution is 2.44. The van der Waals surface area contributed by atoms with E-state index in [1.54, 1.807) is 6.92 Å². The van der Waals surface area contributed by atoms with Crippen LogP contribution >= 0.6 is 11.3 Å². The van der Waals surface area contributed by atoms with Crippen LogP contribution in [0.5, 0.6) is 5.75 Å². The summed E-state index contributed by atoms with van der Waals surface area (Å²) in [6.45, 7) is 10.8. The molecule has 3 rings (SSSR count). The van der Waals surface area contributed by atoms with Gasteiger partial charge < -0.3 is 14.8 Å². The molecule has 1 aromatic carbocycles. The molecule has 1 heterocycles. The van der Waals surface area contributed by atoms with Gasteiger partial charge in [-0.15, -0.1) is 11.3 Å². The van der Waals surface area contributed by atoms with Crippen molar-refractivity contribution in [2.24, 2.45) is 11.3 Å². The van der Waals surface area contributed by atoms with Crippen molar-refractivity contribution in [1.82, 2.24) is 0 Å². The molecule has 1 N–H and O–H groups in total. The summed E-state index contributed by atoms with van der Waals surface area (Å²) in [5.74, 6) is 0.574. The van der Waals surface area contributed by atoms with E-state index >= 15 is 0 Å². The fraction of sp³-hybridized carbons (Fsp3) is 0.520. The molecule has 1 atom stereocenters. The van der Waals surface area contributed by atoms with E-state index in [1.165, 1.54) is 16.2 Å². The van der Waals surface area contributed by atoms with E-state index in [4.69, 9.17) is 9.47 Å². The van der Waals surface area contributed by atoms with Crippen molar-refractivity contribution >= 4 is 28.2 Å². The molecule has 0 saturated heterocycles. The van der Waals surface area contributed by atoms with Crippen molar-refractivity contribution < 1.29 is 19.1 Å². The Labute approximate surface area is 189 Å². The third-order valence-electron chi connectivity index (χ3n) is 5.90. The Morgan fingerprint density at radius 2 is 2.00 bits per heavy atom. The minimum atomic E-state index is -0.360. The lowest BCUT2D eigenvalue weighted by molar-refractivity contribution is -0.118. The summed E-state index contributed by atoms with van der Waals surface area (Å²) in [6.07, 6.45) is 3.69. The molecule has 0 fully saturated rings. The Morgan fingerprint density at radius 1 is 1.23 bits per heavy atom. The summed E-state index contributed by atoms with van der Waals surface area (Å²) in [5, 5.41) is 3.49. The van der Waals surface area contributed by atoms with Crippen LogP contribution in [0.15, 0.2) is 24.3 Å². The van der Waals surface area contributed by atoms with Gasteiger partial charge in [-0.25, -0.2) is 4.79 Å². The van der Waals surface area contributed by atoms with Crippen LogP contribution in [0.4, 0.5) is 5.00 Å². The maximum atomic E-state index is 12.7. The van der Waals surface area contributed by atoms with Crippen LogP contribution in [0.1, 0.15) is 67.4 Å². The van der Waals surface area contributed by atoms with E-state index in [9.17, 15) is 9.59 Å². The van der Waals surface area contributed by atoms with Gasteiger partial charge >= 0.3 is 5.97 Å². The highest BCUT2D eigenvalue weighted by Gasteiger charge is 2.34. The number of benzene rings is 1. The fourth-order valence-corrected chi connectivity index (χ4v) is 5.33. The first-order chi connectivity index (χ1) is 14.7.